The second kappa shape index (κ2) is 7.75. The largest absolute Gasteiger partial charge is 0.497 e. The molecule has 0 amide bonds. The van der Waals surface area contributed by atoms with Crippen LogP contribution in [0.5, 0.6) is 11.5 Å². The molecule has 1 spiro atoms. The summed E-state index contributed by atoms with van der Waals surface area (Å²) in [6.07, 6.45) is 4.59. The van der Waals surface area contributed by atoms with Crippen LogP contribution in [0.4, 0.5) is 0 Å². The number of methoxy groups -OCH3 is 1. The summed E-state index contributed by atoms with van der Waals surface area (Å²) in [4.78, 5) is 5.04. The zero-order valence-corrected chi connectivity index (χ0v) is 16.2. The van der Waals surface area contributed by atoms with Gasteiger partial charge in [-0.2, -0.15) is 0 Å². The molecule has 26 heavy (non-hydrogen) atoms. The van der Waals surface area contributed by atoms with Crippen LogP contribution in [0.3, 0.4) is 0 Å². The van der Waals surface area contributed by atoms with Crippen molar-refractivity contribution in [2.75, 3.05) is 53.6 Å². The summed E-state index contributed by atoms with van der Waals surface area (Å²) >= 11 is 0. The maximum absolute atomic E-state index is 6.75. The molecule has 0 bridgehead atoms. The summed E-state index contributed by atoms with van der Waals surface area (Å²) in [7, 11) is 3.96. The van der Waals surface area contributed by atoms with E-state index in [1.165, 1.54) is 18.4 Å². The van der Waals surface area contributed by atoms with Gasteiger partial charge in [0.1, 0.15) is 17.1 Å². The Hall–Kier alpha value is -1.30. The molecule has 5 nitrogen and oxygen atoms in total. The number of ether oxygens (including phenoxy) is 3. The normalized spacial score (nSPS) is 30.5. The number of likely N-dealkylation sites (tertiary alicyclic amines) is 1. The predicted octanol–water partition coefficient (Wildman–Crippen LogP) is 2.78. The van der Waals surface area contributed by atoms with Crippen LogP contribution in [0.2, 0.25) is 0 Å². The maximum Gasteiger partial charge on any atom is 0.124 e. The van der Waals surface area contributed by atoms with Crippen LogP contribution in [0.1, 0.15) is 31.2 Å². The summed E-state index contributed by atoms with van der Waals surface area (Å²) in [6, 6.07) is 6.28. The number of hydrogen-bond donors (Lipinski definition) is 0. The summed E-state index contributed by atoms with van der Waals surface area (Å²) in [6.45, 7) is 7.11. The minimum absolute atomic E-state index is 0.0793. The van der Waals surface area contributed by atoms with Gasteiger partial charge in [-0.1, -0.05) is 0 Å². The molecule has 0 saturated carbocycles. The van der Waals surface area contributed by atoms with E-state index in [2.05, 4.69) is 29.0 Å². The van der Waals surface area contributed by atoms with Gasteiger partial charge in [-0.3, -0.25) is 4.90 Å². The minimum Gasteiger partial charge on any atom is -0.497 e. The van der Waals surface area contributed by atoms with Crippen LogP contribution in [-0.2, 0) is 11.3 Å². The molecule has 4 rings (SSSR count). The first-order valence-corrected chi connectivity index (χ1v) is 10.0. The van der Waals surface area contributed by atoms with Crippen molar-refractivity contribution in [3.63, 3.8) is 0 Å². The smallest absolute Gasteiger partial charge is 0.124 e. The number of nitrogens with zero attached hydrogens (tertiary/aromatic N) is 2. The highest BCUT2D eigenvalue weighted by Gasteiger charge is 2.39. The van der Waals surface area contributed by atoms with Crippen molar-refractivity contribution in [2.24, 2.45) is 5.92 Å². The molecule has 2 saturated heterocycles. The van der Waals surface area contributed by atoms with Gasteiger partial charge < -0.3 is 19.1 Å². The van der Waals surface area contributed by atoms with E-state index in [1.54, 1.807) is 7.11 Å². The van der Waals surface area contributed by atoms with E-state index < -0.39 is 0 Å². The first-order valence-electron chi connectivity index (χ1n) is 10.0. The molecule has 5 heteroatoms. The molecule has 0 radical (unpaired) electrons. The van der Waals surface area contributed by atoms with Crippen LogP contribution in [-0.4, -0.2) is 69.0 Å². The lowest BCUT2D eigenvalue weighted by atomic mass is 9.93. The molecular weight excluding hydrogens is 328 g/mol. The van der Waals surface area contributed by atoms with Gasteiger partial charge in [-0.25, -0.2) is 0 Å². The Morgan fingerprint density at radius 2 is 2.19 bits per heavy atom. The number of benzene rings is 1. The minimum atomic E-state index is -0.0793. The Kier molecular flexibility index (Phi) is 5.39. The third kappa shape index (κ3) is 4.00. The van der Waals surface area contributed by atoms with E-state index in [9.17, 15) is 0 Å². The average molecular weight is 360 g/mol. The van der Waals surface area contributed by atoms with Gasteiger partial charge in [0.15, 0.2) is 0 Å². The fourth-order valence-electron chi connectivity index (χ4n) is 4.66. The first kappa shape index (κ1) is 18.1. The highest BCUT2D eigenvalue weighted by atomic mass is 16.5. The summed E-state index contributed by atoms with van der Waals surface area (Å²) in [5, 5.41) is 0. The van der Waals surface area contributed by atoms with Crippen molar-refractivity contribution in [3.05, 3.63) is 23.8 Å². The molecular formula is C21H32N2O3. The van der Waals surface area contributed by atoms with Gasteiger partial charge in [0, 0.05) is 44.8 Å². The fraction of sp³-hybridized carbons (Fsp3) is 0.714. The quantitative estimate of drug-likeness (QED) is 0.828. The summed E-state index contributed by atoms with van der Waals surface area (Å²) < 4.78 is 17.8. The lowest BCUT2D eigenvalue weighted by Crippen LogP contribution is -2.47. The van der Waals surface area contributed by atoms with Crippen molar-refractivity contribution in [2.45, 2.75) is 37.8 Å². The molecule has 3 aliphatic heterocycles. The molecule has 144 valence electrons. The second-order valence-corrected chi connectivity index (χ2v) is 8.31. The molecule has 3 aliphatic rings. The topological polar surface area (TPSA) is 34.2 Å². The molecule has 2 atom stereocenters. The molecule has 0 aromatic heterocycles. The highest BCUT2D eigenvalue weighted by Crippen LogP contribution is 2.37. The highest BCUT2D eigenvalue weighted by molar-refractivity contribution is 5.41. The van der Waals surface area contributed by atoms with Crippen LogP contribution >= 0.6 is 0 Å². The van der Waals surface area contributed by atoms with Gasteiger partial charge in [0.2, 0.25) is 0 Å². The van der Waals surface area contributed by atoms with Gasteiger partial charge in [0.25, 0.3) is 0 Å². The SMILES string of the molecule is COc1ccc2c(c1)CN(C[C@@H]1CCOC1)C[C@]1(CCCN(C)CC1)O2. The Labute approximate surface area is 157 Å². The monoisotopic (exact) mass is 360 g/mol. The summed E-state index contributed by atoms with van der Waals surface area (Å²) in [5.41, 5.74) is 1.17. The number of hydrogen-bond acceptors (Lipinski definition) is 5. The van der Waals surface area contributed by atoms with E-state index in [-0.39, 0.29) is 5.60 Å². The van der Waals surface area contributed by atoms with Gasteiger partial charge in [-0.15, -0.1) is 0 Å². The van der Waals surface area contributed by atoms with Gasteiger partial charge >= 0.3 is 0 Å². The number of rotatable bonds is 3. The zero-order chi connectivity index (χ0) is 18.0. The van der Waals surface area contributed by atoms with Gasteiger partial charge in [0.05, 0.1) is 13.7 Å². The molecule has 0 unspecified atom stereocenters. The van der Waals surface area contributed by atoms with Crippen molar-refractivity contribution in [1.82, 2.24) is 9.80 Å². The Bertz CT molecular complexity index is 617. The van der Waals surface area contributed by atoms with Gasteiger partial charge in [-0.05, 0) is 57.0 Å². The van der Waals surface area contributed by atoms with E-state index >= 15 is 0 Å². The molecule has 2 fully saturated rings. The van der Waals surface area contributed by atoms with E-state index in [1.807, 2.05) is 6.07 Å². The Balaban J connectivity index is 1.62. The zero-order valence-electron chi connectivity index (χ0n) is 16.2. The fourth-order valence-corrected chi connectivity index (χ4v) is 4.66. The Morgan fingerprint density at radius 3 is 3.00 bits per heavy atom. The number of fused-ring (bicyclic) bond motifs is 1. The first-order chi connectivity index (χ1) is 12.7. The second-order valence-electron chi connectivity index (χ2n) is 8.31. The van der Waals surface area contributed by atoms with E-state index in [0.29, 0.717) is 5.92 Å². The van der Waals surface area contributed by atoms with Crippen molar-refractivity contribution in [1.29, 1.82) is 0 Å². The van der Waals surface area contributed by atoms with E-state index in [0.717, 1.165) is 70.3 Å². The van der Waals surface area contributed by atoms with Crippen LogP contribution in [0.15, 0.2) is 18.2 Å². The third-order valence-electron chi connectivity index (χ3n) is 6.16. The Morgan fingerprint density at radius 1 is 1.27 bits per heavy atom. The average Bonchev–Trinajstić information content (AvgIpc) is 3.01. The van der Waals surface area contributed by atoms with Crippen molar-refractivity contribution >= 4 is 0 Å². The van der Waals surface area contributed by atoms with Crippen LogP contribution in [0.25, 0.3) is 0 Å². The molecule has 3 heterocycles. The molecule has 1 aromatic carbocycles. The van der Waals surface area contributed by atoms with Crippen molar-refractivity contribution < 1.29 is 14.2 Å². The summed E-state index contributed by atoms with van der Waals surface area (Å²) in [5.74, 6) is 2.60. The van der Waals surface area contributed by atoms with Crippen molar-refractivity contribution in [3.8, 4) is 11.5 Å². The van der Waals surface area contributed by atoms with E-state index in [4.69, 9.17) is 14.2 Å². The molecule has 0 N–H and O–H groups in total. The lowest BCUT2D eigenvalue weighted by Gasteiger charge is -2.36. The predicted molar refractivity (Wildman–Crippen MR) is 102 cm³/mol. The molecule has 1 aromatic rings. The maximum atomic E-state index is 6.75. The standard InChI is InChI=1S/C21H32N2O3/c1-22-9-3-7-21(8-10-22)16-23(13-17-6-11-25-15-17)14-18-12-19(24-2)4-5-20(18)26-21/h4-5,12,17H,3,6-11,13-16H2,1-2H3/t17-,21+/m0/s1. The van der Waals surface area contributed by atoms with Crippen LogP contribution in [0, 0.1) is 5.92 Å². The lowest BCUT2D eigenvalue weighted by molar-refractivity contribution is 0.0196. The third-order valence-corrected chi connectivity index (χ3v) is 6.16. The molecule has 0 aliphatic carbocycles. The van der Waals surface area contributed by atoms with Crippen LogP contribution < -0.4 is 9.47 Å².